The van der Waals surface area contributed by atoms with Gasteiger partial charge >= 0.3 is 0 Å². The summed E-state index contributed by atoms with van der Waals surface area (Å²) < 4.78 is 3.78. The van der Waals surface area contributed by atoms with E-state index in [9.17, 15) is 0 Å². The van der Waals surface area contributed by atoms with Crippen molar-refractivity contribution in [2.75, 3.05) is 0 Å². The van der Waals surface area contributed by atoms with Crippen molar-refractivity contribution in [2.45, 2.75) is 11.5 Å². The first-order chi connectivity index (χ1) is 2.39. The molecule has 30 valence electrons. The van der Waals surface area contributed by atoms with E-state index in [1.165, 1.54) is 0 Å². The van der Waals surface area contributed by atoms with Crippen LogP contribution in [0.15, 0.2) is 0 Å². The molecule has 0 unspecified atom stereocenters. The zero-order chi connectivity index (χ0) is 3.70. The largest absolute Gasteiger partial charge is 0.206 e. The van der Waals surface area contributed by atoms with E-state index in [-0.39, 0.29) is 0 Å². The Morgan fingerprint density at radius 2 is 2.00 bits per heavy atom. The third kappa shape index (κ3) is 0.743. The Hall–Kier alpha value is 0.660. The Morgan fingerprint density at radius 1 is 1.60 bits per heavy atom. The van der Waals surface area contributed by atoms with Crippen molar-refractivity contribution in [3.05, 3.63) is 0 Å². The van der Waals surface area contributed by atoms with Gasteiger partial charge in [-0.05, 0) is 6.92 Å². The maximum atomic E-state index is 2.99. The molecule has 1 fully saturated rings. The highest BCUT2D eigenvalue weighted by molar-refractivity contribution is 8.29. The summed E-state index contributed by atoms with van der Waals surface area (Å²) in [5.41, 5.74) is 0. The Morgan fingerprint density at radius 3 is 2.00 bits per heavy atom. The van der Waals surface area contributed by atoms with Crippen molar-refractivity contribution in [2.24, 2.45) is 0 Å². The third-order valence-electron chi connectivity index (χ3n) is 0.428. The molecule has 1 aliphatic rings. The SMILES string of the molecule is CC1SNS1. The summed E-state index contributed by atoms with van der Waals surface area (Å²) >= 11 is 3.55. The molecule has 1 heterocycles. The maximum Gasteiger partial charge on any atom is 0.0780 e. The van der Waals surface area contributed by atoms with Crippen LogP contribution < -0.4 is 4.13 Å². The Bertz CT molecular complexity index is 34.6. The highest BCUT2D eigenvalue weighted by Crippen LogP contribution is 2.30. The van der Waals surface area contributed by atoms with Gasteiger partial charge in [0.25, 0.3) is 0 Å². The molecule has 0 aliphatic carbocycles. The lowest BCUT2D eigenvalue weighted by molar-refractivity contribution is 1.35. The van der Waals surface area contributed by atoms with Gasteiger partial charge in [-0.1, -0.05) is 23.9 Å². The molecule has 3 heteroatoms. The zero-order valence-electron chi connectivity index (χ0n) is 2.89. The summed E-state index contributed by atoms with van der Waals surface area (Å²) in [6, 6.07) is 0. The molecule has 1 N–H and O–H groups in total. The molecule has 0 radical (unpaired) electrons. The number of nitrogens with one attached hydrogen (secondary N) is 1. The quantitative estimate of drug-likeness (QED) is 0.468. The molecule has 1 rings (SSSR count). The van der Waals surface area contributed by atoms with Crippen LogP contribution in [0.5, 0.6) is 0 Å². The van der Waals surface area contributed by atoms with Gasteiger partial charge in [0, 0.05) is 0 Å². The second-order valence-electron chi connectivity index (χ2n) is 0.887. The number of rotatable bonds is 0. The van der Waals surface area contributed by atoms with E-state index in [2.05, 4.69) is 11.1 Å². The Balaban J connectivity index is 2.08. The highest BCUT2D eigenvalue weighted by Gasteiger charge is 2.10. The van der Waals surface area contributed by atoms with Crippen LogP contribution in [0.4, 0.5) is 0 Å². The van der Waals surface area contributed by atoms with Gasteiger partial charge in [-0.2, -0.15) is 0 Å². The van der Waals surface area contributed by atoms with Gasteiger partial charge < -0.3 is 0 Å². The summed E-state index contributed by atoms with van der Waals surface area (Å²) in [6.45, 7) is 2.17. The van der Waals surface area contributed by atoms with E-state index in [1.807, 2.05) is 0 Å². The van der Waals surface area contributed by atoms with E-state index in [0.29, 0.717) is 0 Å². The molecular formula is C2H5NS2. The van der Waals surface area contributed by atoms with Crippen LogP contribution in [-0.4, -0.2) is 4.58 Å². The highest BCUT2D eigenvalue weighted by atomic mass is 32.3. The zero-order valence-corrected chi connectivity index (χ0v) is 4.53. The van der Waals surface area contributed by atoms with Gasteiger partial charge in [0.15, 0.2) is 0 Å². The lowest BCUT2D eigenvalue weighted by atomic mass is 11.0. The Kier molecular flexibility index (Phi) is 1.08. The molecule has 5 heavy (non-hydrogen) atoms. The smallest absolute Gasteiger partial charge is 0.0780 e. The van der Waals surface area contributed by atoms with Gasteiger partial charge in [0.1, 0.15) is 0 Å². The van der Waals surface area contributed by atoms with Crippen LogP contribution in [0.25, 0.3) is 0 Å². The van der Waals surface area contributed by atoms with Gasteiger partial charge in [-0.3, -0.25) is 0 Å². The number of hydrogen-bond donors (Lipinski definition) is 1. The molecule has 1 saturated heterocycles. The van der Waals surface area contributed by atoms with Gasteiger partial charge in [-0.25, -0.2) is 4.13 Å². The van der Waals surface area contributed by atoms with Crippen LogP contribution in [0, 0.1) is 0 Å². The van der Waals surface area contributed by atoms with Crippen molar-refractivity contribution >= 4 is 23.9 Å². The van der Waals surface area contributed by atoms with Gasteiger partial charge in [0.05, 0.1) is 4.58 Å². The average Bonchev–Trinajstić information content (AvgIpc) is 1.30. The molecule has 1 aliphatic heterocycles. The van der Waals surface area contributed by atoms with E-state index in [4.69, 9.17) is 0 Å². The van der Waals surface area contributed by atoms with Crippen LogP contribution in [-0.2, 0) is 0 Å². The monoisotopic (exact) mass is 107 g/mol. The number of hydrogen-bond acceptors (Lipinski definition) is 3. The lowest BCUT2D eigenvalue weighted by Crippen LogP contribution is -2.12. The molecular weight excluding hydrogens is 102 g/mol. The second-order valence-corrected chi connectivity index (χ2v) is 3.74. The molecule has 0 bridgehead atoms. The molecule has 0 spiro atoms. The molecule has 1 nitrogen and oxygen atoms in total. The van der Waals surface area contributed by atoms with E-state index < -0.39 is 0 Å². The Labute approximate surface area is 40.2 Å². The van der Waals surface area contributed by atoms with E-state index in [1.54, 1.807) is 23.9 Å². The molecule has 0 aromatic carbocycles. The summed E-state index contributed by atoms with van der Waals surface area (Å²) in [5.74, 6) is 0. The maximum absolute atomic E-state index is 2.99. The van der Waals surface area contributed by atoms with Gasteiger partial charge in [-0.15, -0.1) is 0 Å². The summed E-state index contributed by atoms with van der Waals surface area (Å²) in [7, 11) is 0. The lowest BCUT2D eigenvalue weighted by Gasteiger charge is -2.18. The first-order valence-corrected chi connectivity index (χ1v) is 3.22. The molecule has 0 amide bonds. The fraction of sp³-hybridized carbons (Fsp3) is 1.00. The first-order valence-electron chi connectivity index (χ1n) is 1.46. The van der Waals surface area contributed by atoms with Crippen molar-refractivity contribution in [3.8, 4) is 0 Å². The second kappa shape index (κ2) is 1.41. The van der Waals surface area contributed by atoms with Crippen LogP contribution in [0.3, 0.4) is 0 Å². The van der Waals surface area contributed by atoms with Crippen molar-refractivity contribution in [1.82, 2.24) is 4.13 Å². The van der Waals surface area contributed by atoms with Crippen LogP contribution in [0.2, 0.25) is 0 Å². The molecule has 0 aromatic heterocycles. The molecule has 0 atom stereocenters. The third-order valence-corrected chi connectivity index (χ3v) is 2.44. The predicted octanol–water partition coefficient (Wildman–Crippen LogP) is 1.23. The topological polar surface area (TPSA) is 12.0 Å². The summed E-state index contributed by atoms with van der Waals surface area (Å²) in [4.78, 5) is 0. The standard InChI is InChI=1S/C2H5NS2/c1-2-4-3-5-2/h2-3H,1H3. The fourth-order valence-electron chi connectivity index (χ4n) is 0.144. The minimum absolute atomic E-state index is 0.787. The predicted molar refractivity (Wildman–Crippen MR) is 27.8 cm³/mol. The average molecular weight is 107 g/mol. The molecule has 0 aromatic rings. The normalized spacial score (nSPS) is 25.8. The van der Waals surface area contributed by atoms with Crippen LogP contribution >= 0.6 is 23.9 Å². The van der Waals surface area contributed by atoms with Crippen LogP contribution in [0.1, 0.15) is 6.92 Å². The summed E-state index contributed by atoms with van der Waals surface area (Å²) in [6.07, 6.45) is 0. The summed E-state index contributed by atoms with van der Waals surface area (Å²) in [5, 5.41) is 0. The van der Waals surface area contributed by atoms with Crippen molar-refractivity contribution in [1.29, 1.82) is 0 Å². The fourth-order valence-corrected chi connectivity index (χ4v) is 1.30. The first kappa shape index (κ1) is 3.84. The minimum Gasteiger partial charge on any atom is -0.206 e. The van der Waals surface area contributed by atoms with Crippen molar-refractivity contribution in [3.63, 3.8) is 0 Å². The minimum atomic E-state index is 0.787. The van der Waals surface area contributed by atoms with E-state index >= 15 is 0 Å². The van der Waals surface area contributed by atoms with Gasteiger partial charge in [0.2, 0.25) is 0 Å². The van der Waals surface area contributed by atoms with E-state index in [0.717, 1.165) is 4.58 Å². The molecule has 0 saturated carbocycles. The van der Waals surface area contributed by atoms with Crippen molar-refractivity contribution < 1.29 is 0 Å².